The number of ether oxygens (including phenoxy) is 1. The Bertz CT molecular complexity index is 620. The molecule has 84 valence electrons. The molecule has 2 fully saturated rings. The van der Waals surface area contributed by atoms with E-state index in [2.05, 4.69) is 4.98 Å². The van der Waals surface area contributed by atoms with Gasteiger partial charge in [-0.05, 0) is 0 Å². The lowest BCUT2D eigenvalue weighted by molar-refractivity contribution is 0.0856. The van der Waals surface area contributed by atoms with Gasteiger partial charge in [0, 0.05) is 19.0 Å². The van der Waals surface area contributed by atoms with E-state index < -0.39 is 17.7 Å². The number of hydrogen-bond acceptors (Lipinski definition) is 4. The molecule has 0 aliphatic carbocycles. The van der Waals surface area contributed by atoms with Crippen LogP contribution in [0.1, 0.15) is 9.16 Å². The minimum Gasteiger partial charge on any atom is -0.374 e. The first-order valence-electron chi connectivity index (χ1n) is 6.15. The smallest absolute Gasteiger partial charge is 0.350 e. The maximum atomic E-state index is 11.9. The van der Waals surface area contributed by atoms with Crippen LogP contribution in [0.25, 0.3) is 0 Å². The average Bonchev–Trinajstić information content (AvgIpc) is 2.89. The van der Waals surface area contributed by atoms with E-state index in [0.717, 1.165) is 4.57 Å². The average molecular weight is 242 g/mol. The zero-order chi connectivity index (χ0) is 12.7. The molecule has 2 saturated heterocycles. The van der Waals surface area contributed by atoms with Gasteiger partial charge in [-0.25, -0.2) is 4.79 Å². The summed E-state index contributed by atoms with van der Waals surface area (Å²) < 4.78 is 23.3. The number of hydrogen-bond donors (Lipinski definition) is 0. The summed E-state index contributed by atoms with van der Waals surface area (Å²) in [5, 5.41) is 0.0998. The summed E-state index contributed by atoms with van der Waals surface area (Å²) in [7, 11) is 0. The van der Waals surface area contributed by atoms with Crippen LogP contribution in [-0.4, -0.2) is 34.3 Å². The van der Waals surface area contributed by atoms with E-state index >= 15 is 0 Å². The molecule has 2 atom stereocenters. The fourth-order valence-corrected chi connectivity index (χ4v) is 3.01. The molecule has 0 amide bonds. The van der Waals surface area contributed by atoms with Crippen molar-refractivity contribution in [1.29, 1.82) is 0 Å². The third-order valence-electron chi connectivity index (χ3n) is 3.49. The molecule has 0 radical (unpaired) electrons. The second kappa shape index (κ2) is 2.60. The van der Waals surface area contributed by atoms with Gasteiger partial charge < -0.3 is 9.64 Å². The maximum Gasteiger partial charge on any atom is 0.350 e. The topological polar surface area (TPSA) is 47.4 Å². The Hall–Kier alpha value is -1.07. The van der Waals surface area contributed by atoms with Gasteiger partial charge in [0.25, 0.3) is 0 Å². The third kappa shape index (κ3) is 0.912. The second-order valence-electron chi connectivity index (χ2n) is 4.45. The normalized spacial score (nSPS) is 39.3. The summed E-state index contributed by atoms with van der Waals surface area (Å²) in [6.07, 6.45) is 0.634. The minimum absolute atomic E-state index is 0.0378. The molecule has 6 heteroatoms. The molecule has 0 N–H and O–H groups in total. The molecule has 1 aromatic heterocycles. The highest BCUT2D eigenvalue weighted by atomic mass is 35.5. The van der Waals surface area contributed by atoms with E-state index in [-0.39, 0.29) is 11.3 Å². The van der Waals surface area contributed by atoms with Gasteiger partial charge in [0.15, 0.2) is 0 Å². The Morgan fingerprint density at radius 2 is 2.62 bits per heavy atom. The van der Waals surface area contributed by atoms with Crippen LogP contribution in [0, 0.1) is 0 Å². The van der Waals surface area contributed by atoms with Crippen LogP contribution in [0.5, 0.6) is 0 Å². The van der Waals surface area contributed by atoms with Crippen LogP contribution in [-0.2, 0) is 11.2 Å². The monoisotopic (exact) mass is 241 g/mol. The first-order chi connectivity index (χ1) is 8.46. The molecule has 0 unspecified atom stereocenters. The predicted octanol–water partition coefficient (Wildman–Crippen LogP) is 0.258. The van der Waals surface area contributed by atoms with Crippen molar-refractivity contribution in [3.63, 3.8) is 0 Å². The lowest BCUT2D eigenvalue weighted by Crippen LogP contribution is -2.46. The quantitative estimate of drug-likeness (QED) is 0.612. The lowest BCUT2D eigenvalue weighted by Gasteiger charge is -2.32. The molecular formula is C10H10ClN3O2. The van der Waals surface area contributed by atoms with Gasteiger partial charge in [0.05, 0.1) is 27.5 Å². The molecule has 16 heavy (non-hydrogen) atoms. The summed E-state index contributed by atoms with van der Waals surface area (Å²) in [5.74, 6) is 0.510. The Kier molecular flexibility index (Phi) is 1.19. The van der Waals surface area contributed by atoms with E-state index in [4.69, 9.17) is 19.1 Å². The largest absolute Gasteiger partial charge is 0.374 e. The molecule has 1 aromatic rings. The SMILES string of the molecule is [2H]C1([2H])n2c(cc(Cl)nc2=O)N2C[C@@H]3C[C@@]21CO3. The summed E-state index contributed by atoms with van der Waals surface area (Å²) in [6.45, 7) is -0.926. The van der Waals surface area contributed by atoms with Crippen molar-refractivity contribution >= 4 is 17.4 Å². The number of anilines is 1. The van der Waals surface area contributed by atoms with Crippen LogP contribution in [0.4, 0.5) is 5.82 Å². The molecule has 3 aliphatic rings. The molecule has 4 rings (SSSR count). The molecule has 2 bridgehead atoms. The van der Waals surface area contributed by atoms with E-state index in [9.17, 15) is 4.79 Å². The maximum absolute atomic E-state index is 11.9. The van der Waals surface area contributed by atoms with Crippen LogP contribution in [0.3, 0.4) is 0 Å². The van der Waals surface area contributed by atoms with Crippen LogP contribution in [0.2, 0.25) is 5.15 Å². The number of halogens is 1. The van der Waals surface area contributed by atoms with Crippen molar-refractivity contribution < 1.29 is 7.48 Å². The van der Waals surface area contributed by atoms with Gasteiger partial charge in [-0.3, -0.25) is 4.57 Å². The first kappa shape index (κ1) is 7.29. The highest BCUT2D eigenvalue weighted by Crippen LogP contribution is 2.46. The Morgan fingerprint density at radius 3 is 3.44 bits per heavy atom. The zero-order valence-corrected chi connectivity index (χ0v) is 9.07. The number of morpholine rings is 1. The Morgan fingerprint density at radius 1 is 1.75 bits per heavy atom. The van der Waals surface area contributed by atoms with E-state index in [1.54, 1.807) is 6.07 Å². The number of nitrogens with zero attached hydrogens (tertiary/aromatic N) is 3. The Balaban J connectivity index is 2.05. The molecule has 0 aromatic carbocycles. The number of aromatic nitrogens is 2. The molecule has 5 nitrogen and oxygen atoms in total. The van der Waals surface area contributed by atoms with Gasteiger partial charge in [-0.15, -0.1) is 0 Å². The summed E-state index contributed by atoms with van der Waals surface area (Å²) in [6, 6.07) is 1.55. The van der Waals surface area contributed by atoms with E-state index in [0.29, 0.717) is 25.4 Å². The van der Waals surface area contributed by atoms with Crippen LogP contribution >= 0.6 is 11.6 Å². The van der Waals surface area contributed by atoms with Crippen LogP contribution < -0.4 is 10.6 Å². The van der Waals surface area contributed by atoms with Gasteiger partial charge in [0.2, 0.25) is 0 Å². The van der Waals surface area contributed by atoms with Crippen molar-refractivity contribution in [3.05, 3.63) is 21.7 Å². The molecule has 4 heterocycles. The molecule has 3 aliphatic heterocycles. The summed E-state index contributed by atoms with van der Waals surface area (Å²) in [5.41, 5.74) is -1.43. The third-order valence-corrected chi connectivity index (χ3v) is 3.69. The van der Waals surface area contributed by atoms with Crippen molar-refractivity contribution in [2.45, 2.75) is 24.6 Å². The highest BCUT2D eigenvalue weighted by molar-refractivity contribution is 6.29. The van der Waals surface area contributed by atoms with Crippen molar-refractivity contribution in [3.8, 4) is 0 Å². The number of fused-ring (bicyclic) bond motifs is 3. The fourth-order valence-electron chi connectivity index (χ4n) is 2.84. The van der Waals surface area contributed by atoms with Gasteiger partial charge >= 0.3 is 5.69 Å². The van der Waals surface area contributed by atoms with Gasteiger partial charge in [-0.2, -0.15) is 4.98 Å². The van der Waals surface area contributed by atoms with Gasteiger partial charge in [0.1, 0.15) is 11.0 Å². The predicted molar refractivity (Wildman–Crippen MR) is 57.9 cm³/mol. The van der Waals surface area contributed by atoms with Crippen LogP contribution in [0.15, 0.2) is 10.9 Å². The van der Waals surface area contributed by atoms with Crippen molar-refractivity contribution in [2.24, 2.45) is 0 Å². The number of rotatable bonds is 0. The molecule has 0 saturated carbocycles. The zero-order valence-electron chi connectivity index (χ0n) is 10.3. The van der Waals surface area contributed by atoms with Crippen molar-refractivity contribution in [2.75, 3.05) is 18.1 Å². The van der Waals surface area contributed by atoms with E-state index in [1.165, 1.54) is 0 Å². The Labute approximate surface area is 99.4 Å². The van der Waals surface area contributed by atoms with Crippen molar-refractivity contribution in [1.82, 2.24) is 9.55 Å². The first-order valence-corrected chi connectivity index (χ1v) is 5.53. The highest BCUT2D eigenvalue weighted by Gasteiger charge is 2.56. The lowest BCUT2D eigenvalue weighted by atomic mass is 10.0. The van der Waals surface area contributed by atoms with E-state index in [1.807, 2.05) is 4.90 Å². The molecule has 1 spiro atoms. The molecular weight excluding hydrogens is 230 g/mol. The van der Waals surface area contributed by atoms with Gasteiger partial charge in [-0.1, -0.05) is 11.6 Å². The fraction of sp³-hybridized carbons (Fsp3) is 0.600. The second-order valence-corrected chi connectivity index (χ2v) is 4.83. The minimum atomic E-state index is -1.82. The summed E-state index contributed by atoms with van der Waals surface area (Å²) >= 11 is 5.81. The standard InChI is InChI=1S/C10H10ClN3O2/c11-7-1-8-13(9(15)12-7)4-10-2-6(16-5-10)3-14(8)10/h1,6H,2-5H2/t6-,10+/m0/s1/i4D2. The summed E-state index contributed by atoms with van der Waals surface area (Å²) in [4.78, 5) is 17.4.